The lowest BCUT2D eigenvalue weighted by molar-refractivity contribution is 0.0160. The standard InChI is InChI=1S/C20H27FN4O2/c1-11-9-14(10-12(2)17(11)21)25-18(22)16-13(3)24(8-7-15(16)23-25)19(26)27-20(4,5)6/h9-10,13H,7-8,22H2,1-6H3/t13-/m1/s1. The Bertz CT molecular complexity index is 875. The summed E-state index contributed by atoms with van der Waals surface area (Å²) in [7, 11) is 0. The van der Waals surface area contributed by atoms with E-state index in [0.717, 1.165) is 11.3 Å². The van der Waals surface area contributed by atoms with Crippen LogP contribution in [0.3, 0.4) is 0 Å². The fraction of sp³-hybridized carbons (Fsp3) is 0.500. The number of anilines is 1. The maximum atomic E-state index is 14.0. The Morgan fingerprint density at radius 1 is 1.30 bits per heavy atom. The Balaban J connectivity index is 1.98. The molecule has 2 heterocycles. The van der Waals surface area contributed by atoms with Crippen molar-refractivity contribution in [2.45, 2.75) is 59.6 Å². The molecule has 0 saturated heterocycles. The summed E-state index contributed by atoms with van der Waals surface area (Å²) in [5.74, 6) is 0.245. The molecule has 0 bridgehead atoms. The largest absolute Gasteiger partial charge is 0.444 e. The van der Waals surface area contributed by atoms with Crippen LogP contribution >= 0.6 is 0 Å². The van der Waals surface area contributed by atoms with Gasteiger partial charge in [0.15, 0.2) is 0 Å². The predicted molar refractivity (Wildman–Crippen MR) is 102 cm³/mol. The van der Waals surface area contributed by atoms with Crippen LogP contribution in [-0.2, 0) is 11.2 Å². The molecule has 3 rings (SSSR count). The number of rotatable bonds is 1. The minimum atomic E-state index is -0.560. The number of hydrogen-bond acceptors (Lipinski definition) is 4. The number of carbonyl (C=O) groups is 1. The van der Waals surface area contributed by atoms with Crippen LogP contribution in [0.2, 0.25) is 0 Å². The van der Waals surface area contributed by atoms with Gasteiger partial charge in [0.2, 0.25) is 0 Å². The Hall–Kier alpha value is -2.57. The molecule has 0 fully saturated rings. The minimum absolute atomic E-state index is 0.223. The molecule has 1 aliphatic rings. The van der Waals surface area contributed by atoms with Gasteiger partial charge in [-0.1, -0.05) is 0 Å². The van der Waals surface area contributed by atoms with E-state index < -0.39 is 5.60 Å². The third-order valence-electron chi connectivity index (χ3n) is 4.80. The first-order chi connectivity index (χ1) is 12.5. The zero-order valence-corrected chi connectivity index (χ0v) is 16.8. The molecule has 6 nitrogen and oxygen atoms in total. The van der Waals surface area contributed by atoms with Crippen LogP contribution in [0.25, 0.3) is 5.69 Å². The van der Waals surface area contributed by atoms with E-state index in [2.05, 4.69) is 5.10 Å². The molecular weight excluding hydrogens is 347 g/mol. The topological polar surface area (TPSA) is 73.4 Å². The molecule has 1 atom stereocenters. The van der Waals surface area contributed by atoms with Crippen LogP contribution in [-0.4, -0.2) is 32.9 Å². The Morgan fingerprint density at radius 3 is 2.44 bits per heavy atom. The van der Waals surface area contributed by atoms with Crippen molar-refractivity contribution >= 4 is 11.9 Å². The zero-order chi connectivity index (χ0) is 20.1. The molecule has 0 radical (unpaired) electrons. The van der Waals surface area contributed by atoms with Gasteiger partial charge in [0, 0.05) is 18.5 Å². The van der Waals surface area contributed by atoms with Gasteiger partial charge >= 0.3 is 6.09 Å². The van der Waals surface area contributed by atoms with Gasteiger partial charge in [0.05, 0.1) is 17.4 Å². The van der Waals surface area contributed by atoms with E-state index in [4.69, 9.17) is 10.5 Å². The van der Waals surface area contributed by atoms with Gasteiger partial charge in [-0.25, -0.2) is 13.9 Å². The highest BCUT2D eigenvalue weighted by molar-refractivity contribution is 5.70. The number of hydrogen-bond donors (Lipinski definition) is 1. The predicted octanol–water partition coefficient (Wildman–Crippen LogP) is 4.06. The van der Waals surface area contributed by atoms with Crippen molar-refractivity contribution in [3.63, 3.8) is 0 Å². The lowest BCUT2D eigenvalue weighted by Crippen LogP contribution is -2.42. The number of ether oxygens (including phenoxy) is 1. The van der Waals surface area contributed by atoms with Crippen molar-refractivity contribution in [2.75, 3.05) is 12.3 Å². The molecule has 2 N–H and O–H groups in total. The third-order valence-corrected chi connectivity index (χ3v) is 4.80. The zero-order valence-electron chi connectivity index (χ0n) is 16.8. The first-order valence-electron chi connectivity index (χ1n) is 9.13. The number of fused-ring (bicyclic) bond motifs is 1. The summed E-state index contributed by atoms with van der Waals surface area (Å²) in [6, 6.07) is 3.21. The van der Waals surface area contributed by atoms with Crippen molar-refractivity contribution < 1.29 is 13.9 Å². The second kappa shape index (κ2) is 6.55. The normalized spacial score (nSPS) is 17.0. The SMILES string of the molecule is Cc1cc(-n2nc3c(c2N)[C@@H](C)N(C(=O)OC(C)(C)C)CC3)cc(C)c1F. The summed E-state index contributed by atoms with van der Waals surface area (Å²) in [6.07, 6.45) is 0.233. The van der Waals surface area contributed by atoms with Crippen LogP contribution in [0.15, 0.2) is 12.1 Å². The fourth-order valence-electron chi connectivity index (χ4n) is 3.52. The monoisotopic (exact) mass is 374 g/mol. The van der Waals surface area contributed by atoms with Gasteiger partial charge in [-0.05, 0) is 64.8 Å². The highest BCUT2D eigenvalue weighted by Crippen LogP contribution is 2.36. The number of aromatic nitrogens is 2. The average molecular weight is 374 g/mol. The van der Waals surface area contributed by atoms with Gasteiger partial charge in [0.25, 0.3) is 0 Å². The van der Waals surface area contributed by atoms with Crippen LogP contribution < -0.4 is 5.73 Å². The van der Waals surface area contributed by atoms with Gasteiger partial charge in [-0.3, -0.25) is 0 Å². The smallest absolute Gasteiger partial charge is 0.410 e. The van der Waals surface area contributed by atoms with Crippen molar-refractivity contribution in [3.8, 4) is 5.69 Å². The van der Waals surface area contributed by atoms with E-state index >= 15 is 0 Å². The summed E-state index contributed by atoms with van der Waals surface area (Å²) >= 11 is 0. The lowest BCUT2D eigenvalue weighted by atomic mass is 10.00. The second-order valence-electron chi connectivity index (χ2n) is 8.15. The van der Waals surface area contributed by atoms with E-state index in [1.165, 1.54) is 0 Å². The van der Waals surface area contributed by atoms with Gasteiger partial charge in [-0.2, -0.15) is 5.10 Å². The van der Waals surface area contributed by atoms with Gasteiger partial charge in [0.1, 0.15) is 17.2 Å². The molecule has 0 aliphatic carbocycles. The number of benzene rings is 1. The molecule has 1 amide bonds. The summed E-state index contributed by atoms with van der Waals surface area (Å²) in [5, 5.41) is 4.64. The van der Waals surface area contributed by atoms with Crippen molar-refractivity contribution in [1.29, 1.82) is 0 Å². The summed E-state index contributed by atoms with van der Waals surface area (Å²) < 4.78 is 21.1. The number of amides is 1. The van der Waals surface area contributed by atoms with Crippen LogP contribution in [0.1, 0.15) is 56.1 Å². The molecule has 27 heavy (non-hydrogen) atoms. The lowest BCUT2D eigenvalue weighted by Gasteiger charge is -2.34. The van der Waals surface area contributed by atoms with Gasteiger partial charge < -0.3 is 15.4 Å². The van der Waals surface area contributed by atoms with E-state index in [9.17, 15) is 9.18 Å². The summed E-state index contributed by atoms with van der Waals surface area (Å²) in [6.45, 7) is 11.4. The van der Waals surface area contributed by atoms with Crippen LogP contribution in [0, 0.1) is 19.7 Å². The van der Waals surface area contributed by atoms with Crippen molar-refractivity contribution in [2.24, 2.45) is 0 Å². The number of nitrogen functional groups attached to an aromatic ring is 1. The van der Waals surface area contributed by atoms with Crippen molar-refractivity contribution in [3.05, 3.63) is 40.3 Å². The van der Waals surface area contributed by atoms with E-state index in [-0.39, 0.29) is 18.0 Å². The highest BCUT2D eigenvalue weighted by atomic mass is 19.1. The number of aryl methyl sites for hydroxylation is 2. The molecule has 146 valence electrons. The first-order valence-corrected chi connectivity index (χ1v) is 9.13. The maximum absolute atomic E-state index is 14.0. The molecule has 0 unspecified atom stereocenters. The van der Waals surface area contributed by atoms with E-state index in [0.29, 0.717) is 35.6 Å². The number of halogens is 1. The molecule has 1 aromatic heterocycles. The first kappa shape index (κ1) is 19.2. The Morgan fingerprint density at radius 2 is 1.89 bits per heavy atom. The molecule has 1 aromatic carbocycles. The van der Waals surface area contributed by atoms with Crippen LogP contribution in [0.4, 0.5) is 15.0 Å². The number of nitrogens with two attached hydrogens (primary N) is 1. The minimum Gasteiger partial charge on any atom is -0.444 e. The molecule has 2 aromatic rings. The Kier molecular flexibility index (Phi) is 4.66. The average Bonchev–Trinajstić information content (AvgIpc) is 2.88. The van der Waals surface area contributed by atoms with E-state index in [1.807, 2.05) is 27.7 Å². The maximum Gasteiger partial charge on any atom is 0.410 e. The summed E-state index contributed by atoms with van der Waals surface area (Å²) in [5.41, 5.74) is 9.33. The van der Waals surface area contributed by atoms with Crippen LogP contribution in [0.5, 0.6) is 0 Å². The highest BCUT2D eigenvalue weighted by Gasteiger charge is 2.35. The second-order valence-corrected chi connectivity index (χ2v) is 8.15. The fourth-order valence-corrected chi connectivity index (χ4v) is 3.52. The number of carbonyl (C=O) groups excluding carboxylic acids is 1. The van der Waals surface area contributed by atoms with E-state index in [1.54, 1.807) is 35.6 Å². The Labute approximate surface area is 159 Å². The third kappa shape index (κ3) is 3.50. The molecule has 1 aliphatic heterocycles. The summed E-state index contributed by atoms with van der Waals surface area (Å²) in [4.78, 5) is 14.2. The molecule has 7 heteroatoms. The van der Waals surface area contributed by atoms with Crippen molar-refractivity contribution in [1.82, 2.24) is 14.7 Å². The number of nitrogens with zero attached hydrogens (tertiary/aromatic N) is 3. The van der Waals surface area contributed by atoms with Gasteiger partial charge in [-0.15, -0.1) is 0 Å². The molecule has 0 saturated carbocycles. The molecular formula is C20H27FN4O2. The quantitative estimate of drug-likeness (QED) is 0.817. The molecule has 0 spiro atoms.